The summed E-state index contributed by atoms with van der Waals surface area (Å²) in [6, 6.07) is 26.4. The molecule has 0 spiro atoms. The van der Waals surface area contributed by atoms with Crippen LogP contribution in [-0.2, 0) is 10.2 Å². The Balaban J connectivity index is 1.80. The Bertz CT molecular complexity index is 1550. The molecule has 4 aromatic rings. The molecule has 41 heavy (non-hydrogen) atoms. The fourth-order valence-electron chi connectivity index (χ4n) is 6.14. The highest BCUT2D eigenvalue weighted by Crippen LogP contribution is 2.57. The first-order valence-electron chi connectivity index (χ1n) is 14.6. The van der Waals surface area contributed by atoms with Gasteiger partial charge < -0.3 is 14.4 Å². The van der Waals surface area contributed by atoms with Gasteiger partial charge in [-0.3, -0.25) is 0 Å². The maximum Gasteiger partial charge on any atom is 0.341 e. The monoisotopic (exact) mass is 547 g/mol. The van der Waals surface area contributed by atoms with Gasteiger partial charge in [-0.1, -0.05) is 71.8 Å². The molecule has 0 fully saturated rings. The average Bonchev–Trinajstić information content (AvgIpc) is 3.22. The maximum absolute atomic E-state index is 13.4. The van der Waals surface area contributed by atoms with Gasteiger partial charge in [0, 0.05) is 6.54 Å². The summed E-state index contributed by atoms with van der Waals surface area (Å²) in [5, 5.41) is 0. The number of rotatable bonds is 9. The van der Waals surface area contributed by atoms with Crippen LogP contribution in [-0.4, -0.2) is 44.7 Å². The number of fused-ring (bicyclic) bond motifs is 3. The van der Waals surface area contributed by atoms with E-state index in [0.717, 1.165) is 18.5 Å². The minimum atomic E-state index is -0.605. The molecule has 0 radical (unpaired) electrons. The molecule has 0 saturated heterocycles. The molecule has 1 aliphatic carbocycles. The largest absolute Gasteiger partial charge is 0.493 e. The second kappa shape index (κ2) is 11.5. The summed E-state index contributed by atoms with van der Waals surface area (Å²) in [5.41, 5.74) is 11.9. The summed E-state index contributed by atoms with van der Waals surface area (Å²) < 4.78 is 11.8. The Hall–Kier alpha value is -3.89. The molecule has 4 heteroatoms. The summed E-state index contributed by atoms with van der Waals surface area (Å²) in [7, 11) is 4.09. The number of benzene rings is 4. The molecule has 0 heterocycles. The van der Waals surface area contributed by atoms with Crippen molar-refractivity contribution in [3.8, 4) is 16.9 Å². The van der Waals surface area contributed by atoms with Crippen LogP contribution in [0.2, 0.25) is 0 Å². The quantitative estimate of drug-likeness (QED) is 0.139. The number of hydrogen-bond donors (Lipinski definition) is 0. The molecule has 1 aliphatic rings. The number of ether oxygens (including phenoxy) is 2. The maximum atomic E-state index is 13.4. The SMILES string of the molecule is CCOC(=O)c1cc(C2(c3ccc(C)c(C)c3)c3cc(C)ccc3-c3ccc(C)cc32)ccc1OCCCN(C)C. The van der Waals surface area contributed by atoms with Crippen molar-refractivity contribution in [3.63, 3.8) is 0 Å². The fraction of sp³-hybridized carbons (Fsp3) is 0.324. The Morgan fingerprint density at radius 2 is 1.37 bits per heavy atom. The Morgan fingerprint density at radius 3 is 1.95 bits per heavy atom. The smallest absolute Gasteiger partial charge is 0.341 e. The van der Waals surface area contributed by atoms with E-state index in [9.17, 15) is 4.79 Å². The number of carbonyl (C=O) groups is 1. The third kappa shape index (κ3) is 5.17. The molecule has 0 saturated carbocycles. The van der Waals surface area contributed by atoms with Gasteiger partial charge in [-0.2, -0.15) is 0 Å². The van der Waals surface area contributed by atoms with Crippen LogP contribution >= 0.6 is 0 Å². The van der Waals surface area contributed by atoms with Gasteiger partial charge in [-0.05, 0) is 112 Å². The molecule has 4 aromatic carbocycles. The first kappa shape index (κ1) is 28.6. The van der Waals surface area contributed by atoms with E-state index >= 15 is 0 Å². The van der Waals surface area contributed by atoms with E-state index < -0.39 is 5.41 Å². The third-order valence-corrected chi connectivity index (χ3v) is 8.30. The Morgan fingerprint density at radius 1 is 0.756 bits per heavy atom. The molecular weight excluding hydrogens is 506 g/mol. The number of aryl methyl sites for hydroxylation is 4. The predicted molar refractivity (Wildman–Crippen MR) is 167 cm³/mol. The predicted octanol–water partition coefficient (Wildman–Crippen LogP) is 7.79. The van der Waals surface area contributed by atoms with Crippen molar-refractivity contribution in [1.29, 1.82) is 0 Å². The zero-order chi connectivity index (χ0) is 29.3. The normalized spacial score (nSPS) is 13.2. The van der Waals surface area contributed by atoms with E-state index in [0.29, 0.717) is 24.5 Å². The van der Waals surface area contributed by atoms with Crippen LogP contribution in [0.1, 0.15) is 68.2 Å². The van der Waals surface area contributed by atoms with E-state index in [1.165, 1.54) is 50.1 Å². The van der Waals surface area contributed by atoms with E-state index in [-0.39, 0.29) is 5.97 Å². The summed E-state index contributed by atoms with van der Waals surface area (Å²) in [6.07, 6.45) is 0.864. The first-order valence-corrected chi connectivity index (χ1v) is 14.6. The van der Waals surface area contributed by atoms with Crippen molar-refractivity contribution in [1.82, 2.24) is 4.90 Å². The molecule has 0 atom stereocenters. The van der Waals surface area contributed by atoms with Crippen LogP contribution in [0.4, 0.5) is 0 Å². The van der Waals surface area contributed by atoms with Gasteiger partial charge in [0.2, 0.25) is 0 Å². The highest BCUT2D eigenvalue weighted by molar-refractivity contribution is 5.94. The van der Waals surface area contributed by atoms with E-state index in [1.54, 1.807) is 0 Å². The van der Waals surface area contributed by atoms with Crippen LogP contribution < -0.4 is 4.74 Å². The van der Waals surface area contributed by atoms with Crippen molar-refractivity contribution < 1.29 is 14.3 Å². The second-order valence-electron chi connectivity index (χ2n) is 11.6. The summed E-state index contributed by atoms with van der Waals surface area (Å²) in [5.74, 6) is 0.201. The average molecular weight is 548 g/mol. The topological polar surface area (TPSA) is 38.8 Å². The minimum Gasteiger partial charge on any atom is -0.493 e. The highest BCUT2D eigenvalue weighted by Gasteiger charge is 2.47. The van der Waals surface area contributed by atoms with Crippen molar-refractivity contribution in [2.45, 2.75) is 46.5 Å². The lowest BCUT2D eigenvalue weighted by atomic mass is 9.66. The fourth-order valence-corrected chi connectivity index (χ4v) is 6.14. The molecule has 5 rings (SSSR count). The van der Waals surface area contributed by atoms with Crippen LogP contribution in [0.5, 0.6) is 5.75 Å². The lowest BCUT2D eigenvalue weighted by Crippen LogP contribution is -2.29. The van der Waals surface area contributed by atoms with Gasteiger partial charge in [-0.15, -0.1) is 0 Å². The number of esters is 1. The highest BCUT2D eigenvalue weighted by atomic mass is 16.5. The number of carbonyl (C=O) groups excluding carboxylic acids is 1. The molecular formula is C37H41NO3. The zero-order valence-electron chi connectivity index (χ0n) is 25.4. The molecule has 4 nitrogen and oxygen atoms in total. The zero-order valence-corrected chi connectivity index (χ0v) is 25.4. The van der Waals surface area contributed by atoms with Crippen molar-refractivity contribution >= 4 is 5.97 Å². The summed E-state index contributed by atoms with van der Waals surface area (Å²) in [6.45, 7) is 12.2. The van der Waals surface area contributed by atoms with Gasteiger partial charge in [0.1, 0.15) is 11.3 Å². The van der Waals surface area contributed by atoms with Gasteiger partial charge in [0.05, 0.1) is 18.6 Å². The van der Waals surface area contributed by atoms with Crippen molar-refractivity contribution in [3.05, 3.63) is 123 Å². The number of nitrogens with zero attached hydrogens (tertiary/aromatic N) is 1. The van der Waals surface area contributed by atoms with E-state index in [4.69, 9.17) is 9.47 Å². The summed E-state index contributed by atoms with van der Waals surface area (Å²) >= 11 is 0. The van der Waals surface area contributed by atoms with E-state index in [1.807, 2.05) is 33.2 Å². The van der Waals surface area contributed by atoms with Crippen molar-refractivity contribution in [2.75, 3.05) is 33.9 Å². The minimum absolute atomic E-state index is 0.301. The van der Waals surface area contributed by atoms with Crippen LogP contribution in [0.25, 0.3) is 11.1 Å². The van der Waals surface area contributed by atoms with Crippen LogP contribution in [0.15, 0.2) is 72.8 Å². The molecule has 0 bridgehead atoms. The number of hydrogen-bond acceptors (Lipinski definition) is 4. The van der Waals surface area contributed by atoms with Crippen LogP contribution in [0.3, 0.4) is 0 Å². The second-order valence-corrected chi connectivity index (χ2v) is 11.6. The van der Waals surface area contributed by atoms with Crippen LogP contribution in [0, 0.1) is 27.7 Å². The Labute approximate surface area is 244 Å². The van der Waals surface area contributed by atoms with Gasteiger partial charge in [0.25, 0.3) is 0 Å². The standard InChI is InChI=1S/C37H41NO3/c1-8-40-36(39)32-23-29(14-17-35(32)41-19-9-18-38(6)7)37(28-13-12-26(4)27(5)22-28)33-20-24(2)10-15-30(33)31-16-11-25(3)21-34(31)37/h10-17,20-23H,8-9,18-19H2,1-7H3. The van der Waals surface area contributed by atoms with Gasteiger partial charge in [-0.25, -0.2) is 4.79 Å². The third-order valence-electron chi connectivity index (χ3n) is 8.30. The van der Waals surface area contributed by atoms with Gasteiger partial charge >= 0.3 is 5.97 Å². The first-order chi connectivity index (χ1) is 19.7. The van der Waals surface area contributed by atoms with Gasteiger partial charge in [0.15, 0.2) is 0 Å². The Kier molecular flexibility index (Phi) is 8.06. The summed E-state index contributed by atoms with van der Waals surface area (Å²) in [4.78, 5) is 15.5. The molecule has 0 aromatic heterocycles. The van der Waals surface area contributed by atoms with Crippen molar-refractivity contribution in [2.24, 2.45) is 0 Å². The lowest BCUT2D eigenvalue weighted by molar-refractivity contribution is 0.0521. The van der Waals surface area contributed by atoms with E-state index in [2.05, 4.69) is 93.3 Å². The molecule has 0 amide bonds. The molecule has 0 N–H and O–H groups in total. The molecule has 212 valence electrons. The molecule has 0 unspecified atom stereocenters. The molecule has 0 aliphatic heterocycles. The lowest BCUT2D eigenvalue weighted by Gasteiger charge is -2.35.